The molecule has 2 aromatic heterocycles. The summed E-state index contributed by atoms with van der Waals surface area (Å²) in [5.74, 6) is 1.28. The predicted octanol–water partition coefficient (Wildman–Crippen LogP) is 2.34. The van der Waals surface area contributed by atoms with Crippen LogP contribution in [-0.4, -0.2) is 52.4 Å². The summed E-state index contributed by atoms with van der Waals surface area (Å²) in [6.45, 7) is 9.70. The van der Waals surface area contributed by atoms with Gasteiger partial charge in [-0.15, -0.1) is 0 Å². The molecule has 0 spiro atoms. The summed E-state index contributed by atoms with van der Waals surface area (Å²) < 4.78 is 0. The van der Waals surface area contributed by atoms with Gasteiger partial charge in [0, 0.05) is 35.4 Å². The highest BCUT2D eigenvalue weighted by molar-refractivity contribution is 6.02. The first-order valence-electron chi connectivity index (χ1n) is 9.99. The fraction of sp³-hybridized carbons (Fsp3) is 0.476. The van der Waals surface area contributed by atoms with Crippen molar-refractivity contribution in [3.05, 3.63) is 40.7 Å². The van der Waals surface area contributed by atoms with Gasteiger partial charge >= 0.3 is 0 Å². The Morgan fingerprint density at radius 2 is 1.80 bits per heavy atom. The molecule has 30 heavy (non-hydrogen) atoms. The SMILES string of the molecule is CNc1nc(N(CCO)NC(O)Nc2cc(C)nc(C)c2)cc(C(C)C)c1C(C)=N. The van der Waals surface area contributed by atoms with E-state index in [0.29, 0.717) is 17.3 Å². The van der Waals surface area contributed by atoms with Crippen molar-refractivity contribution < 1.29 is 10.2 Å². The molecule has 2 heterocycles. The summed E-state index contributed by atoms with van der Waals surface area (Å²) >= 11 is 0. The van der Waals surface area contributed by atoms with Gasteiger partial charge in [0.1, 0.15) is 11.6 Å². The van der Waals surface area contributed by atoms with Gasteiger partial charge in [0.2, 0.25) is 0 Å². The number of nitrogens with zero attached hydrogens (tertiary/aromatic N) is 3. The number of hydrogen-bond donors (Lipinski definition) is 6. The number of rotatable bonds is 10. The van der Waals surface area contributed by atoms with Crippen molar-refractivity contribution in [2.45, 2.75) is 46.9 Å². The molecule has 0 aliphatic carbocycles. The van der Waals surface area contributed by atoms with Crippen molar-refractivity contribution in [3.8, 4) is 0 Å². The molecule has 164 valence electrons. The molecule has 9 heteroatoms. The van der Waals surface area contributed by atoms with Crippen LogP contribution in [0.3, 0.4) is 0 Å². The highest BCUT2D eigenvalue weighted by Gasteiger charge is 2.20. The first kappa shape index (κ1) is 23.5. The molecular formula is C21H33N7O2. The number of nitrogens with one attached hydrogen (secondary N) is 4. The second-order valence-corrected chi connectivity index (χ2v) is 7.51. The summed E-state index contributed by atoms with van der Waals surface area (Å²) in [5, 5.41) is 35.9. The van der Waals surface area contributed by atoms with Crippen LogP contribution in [0.2, 0.25) is 0 Å². The van der Waals surface area contributed by atoms with Crippen LogP contribution in [0.15, 0.2) is 18.2 Å². The van der Waals surface area contributed by atoms with Crippen LogP contribution < -0.4 is 21.1 Å². The van der Waals surface area contributed by atoms with E-state index in [0.717, 1.165) is 28.2 Å². The number of aliphatic hydroxyl groups is 2. The van der Waals surface area contributed by atoms with Gasteiger partial charge in [-0.3, -0.25) is 9.99 Å². The average molecular weight is 416 g/mol. The van der Waals surface area contributed by atoms with Crippen LogP contribution in [0.5, 0.6) is 0 Å². The fourth-order valence-corrected chi connectivity index (χ4v) is 3.32. The molecule has 0 aliphatic heterocycles. The average Bonchev–Trinajstić information content (AvgIpc) is 2.65. The minimum absolute atomic E-state index is 0.133. The minimum Gasteiger partial charge on any atom is -0.394 e. The number of hydrogen-bond acceptors (Lipinski definition) is 9. The summed E-state index contributed by atoms with van der Waals surface area (Å²) in [4.78, 5) is 8.94. The van der Waals surface area contributed by atoms with Gasteiger partial charge < -0.3 is 26.3 Å². The third kappa shape index (κ3) is 5.88. The van der Waals surface area contributed by atoms with Gasteiger partial charge in [0.05, 0.1) is 13.2 Å². The number of aryl methyl sites for hydroxylation is 2. The highest BCUT2D eigenvalue weighted by atomic mass is 16.3. The van der Waals surface area contributed by atoms with E-state index in [9.17, 15) is 10.2 Å². The smallest absolute Gasteiger partial charge is 0.198 e. The van der Waals surface area contributed by atoms with E-state index < -0.39 is 6.35 Å². The highest BCUT2D eigenvalue weighted by Crippen LogP contribution is 2.29. The number of aliphatic hydroxyl groups excluding tert-OH is 2. The normalized spacial score (nSPS) is 12.0. The molecule has 0 fully saturated rings. The Kier molecular flexibility index (Phi) is 8.10. The maximum absolute atomic E-state index is 10.5. The Balaban J connectivity index is 2.34. The molecule has 0 aromatic carbocycles. The Labute approximate surface area is 178 Å². The molecule has 1 unspecified atom stereocenters. The molecule has 9 nitrogen and oxygen atoms in total. The van der Waals surface area contributed by atoms with E-state index in [1.807, 2.05) is 32.0 Å². The van der Waals surface area contributed by atoms with Crippen LogP contribution in [0, 0.1) is 19.3 Å². The lowest BCUT2D eigenvalue weighted by molar-refractivity contribution is 0.156. The summed E-state index contributed by atoms with van der Waals surface area (Å²) in [5.41, 5.74) is 7.51. The Hall–Kier alpha value is -2.75. The second-order valence-electron chi connectivity index (χ2n) is 7.51. The lowest BCUT2D eigenvalue weighted by atomic mass is 9.95. The molecule has 0 saturated carbocycles. The van der Waals surface area contributed by atoms with Crippen molar-refractivity contribution in [1.82, 2.24) is 15.4 Å². The van der Waals surface area contributed by atoms with E-state index in [-0.39, 0.29) is 19.1 Å². The van der Waals surface area contributed by atoms with Gasteiger partial charge in [-0.1, -0.05) is 13.8 Å². The van der Waals surface area contributed by atoms with Crippen molar-refractivity contribution in [2.24, 2.45) is 0 Å². The van der Waals surface area contributed by atoms with Crippen LogP contribution in [0.25, 0.3) is 0 Å². The summed E-state index contributed by atoms with van der Waals surface area (Å²) in [6.07, 6.45) is -1.12. The number of hydrazine groups is 1. The zero-order chi connectivity index (χ0) is 22.4. The maximum atomic E-state index is 10.5. The third-order valence-electron chi connectivity index (χ3n) is 4.53. The molecule has 2 rings (SSSR count). The van der Waals surface area contributed by atoms with Crippen molar-refractivity contribution in [3.63, 3.8) is 0 Å². The Morgan fingerprint density at radius 3 is 2.30 bits per heavy atom. The van der Waals surface area contributed by atoms with Crippen molar-refractivity contribution >= 4 is 23.0 Å². The number of anilines is 3. The molecular weight excluding hydrogens is 382 g/mol. The number of aromatic nitrogens is 2. The monoisotopic (exact) mass is 415 g/mol. The van der Waals surface area contributed by atoms with Crippen LogP contribution >= 0.6 is 0 Å². The van der Waals surface area contributed by atoms with Crippen LogP contribution in [0.1, 0.15) is 49.2 Å². The van der Waals surface area contributed by atoms with E-state index in [1.165, 1.54) is 0 Å². The number of pyridine rings is 2. The van der Waals surface area contributed by atoms with E-state index >= 15 is 0 Å². The largest absolute Gasteiger partial charge is 0.394 e. The van der Waals surface area contributed by atoms with E-state index in [4.69, 9.17) is 5.41 Å². The van der Waals surface area contributed by atoms with Crippen LogP contribution in [0.4, 0.5) is 17.3 Å². The predicted molar refractivity (Wildman–Crippen MR) is 121 cm³/mol. The Bertz CT molecular complexity index is 866. The van der Waals surface area contributed by atoms with Gasteiger partial charge in [-0.05, 0) is 50.5 Å². The second kappa shape index (κ2) is 10.3. The molecule has 0 saturated heterocycles. The topological polar surface area (TPSA) is 129 Å². The summed E-state index contributed by atoms with van der Waals surface area (Å²) in [6, 6.07) is 5.56. The molecule has 0 aliphatic rings. The zero-order valence-corrected chi connectivity index (χ0v) is 18.5. The lowest BCUT2D eigenvalue weighted by Crippen LogP contribution is -2.50. The summed E-state index contributed by atoms with van der Waals surface area (Å²) in [7, 11) is 1.76. The standard InChI is InChI=1S/C21H33N7O2/c1-12(2)17-11-18(26-20(23-6)19(17)15(5)22)28(7-8-29)27-21(30)25-16-9-13(3)24-14(4)10-16/h9-12,21-22,27,29-30H,7-8H2,1-6H3,(H,23,26)(H,24,25). The molecule has 1 atom stereocenters. The van der Waals surface area contributed by atoms with E-state index in [2.05, 4.69) is 39.9 Å². The van der Waals surface area contributed by atoms with Gasteiger partial charge in [-0.2, -0.15) is 5.43 Å². The van der Waals surface area contributed by atoms with E-state index in [1.54, 1.807) is 19.0 Å². The zero-order valence-electron chi connectivity index (χ0n) is 18.5. The first-order chi connectivity index (χ1) is 14.2. The van der Waals surface area contributed by atoms with Crippen molar-refractivity contribution in [2.75, 3.05) is 35.8 Å². The maximum Gasteiger partial charge on any atom is 0.198 e. The third-order valence-corrected chi connectivity index (χ3v) is 4.53. The van der Waals surface area contributed by atoms with Gasteiger partial charge in [0.15, 0.2) is 6.35 Å². The molecule has 0 amide bonds. The van der Waals surface area contributed by atoms with Crippen molar-refractivity contribution in [1.29, 1.82) is 5.41 Å². The lowest BCUT2D eigenvalue weighted by Gasteiger charge is -2.29. The van der Waals surface area contributed by atoms with Crippen LogP contribution in [-0.2, 0) is 0 Å². The fourth-order valence-electron chi connectivity index (χ4n) is 3.32. The van der Waals surface area contributed by atoms with Gasteiger partial charge in [0.25, 0.3) is 0 Å². The molecule has 0 bridgehead atoms. The quantitative estimate of drug-likeness (QED) is 0.198. The first-order valence-corrected chi connectivity index (χ1v) is 9.99. The molecule has 6 N–H and O–H groups in total. The molecule has 0 radical (unpaired) electrons. The minimum atomic E-state index is -1.12. The van der Waals surface area contributed by atoms with Gasteiger partial charge in [-0.25, -0.2) is 4.98 Å². The molecule has 2 aromatic rings. The Morgan fingerprint density at radius 1 is 1.17 bits per heavy atom.